The van der Waals surface area contributed by atoms with E-state index in [0.717, 1.165) is 21.6 Å². The summed E-state index contributed by atoms with van der Waals surface area (Å²) in [6.07, 6.45) is 2.68. The second kappa shape index (κ2) is 10.2. The third-order valence-electron chi connectivity index (χ3n) is 6.83. The van der Waals surface area contributed by atoms with E-state index in [1.165, 1.54) is 0 Å². The lowest BCUT2D eigenvalue weighted by atomic mass is 9.80. The molecular formula is C28H31F2N3O5. The molecule has 1 aliphatic carbocycles. The summed E-state index contributed by atoms with van der Waals surface area (Å²) in [6.45, 7) is 4.96. The van der Waals surface area contributed by atoms with Crippen molar-refractivity contribution in [3.63, 3.8) is 0 Å². The number of carbonyl (C=O) groups is 4. The van der Waals surface area contributed by atoms with E-state index in [2.05, 4.69) is 10.3 Å². The van der Waals surface area contributed by atoms with E-state index in [4.69, 9.17) is 4.74 Å². The van der Waals surface area contributed by atoms with Crippen LogP contribution in [0.3, 0.4) is 0 Å². The Morgan fingerprint density at radius 1 is 1.05 bits per heavy atom. The summed E-state index contributed by atoms with van der Waals surface area (Å²) in [6, 6.07) is 7.74. The van der Waals surface area contributed by atoms with Gasteiger partial charge >= 0.3 is 12.0 Å². The summed E-state index contributed by atoms with van der Waals surface area (Å²) in [4.78, 5) is 55.5. The minimum Gasteiger partial charge on any atom is -0.460 e. The first-order chi connectivity index (χ1) is 17.8. The van der Waals surface area contributed by atoms with E-state index in [1.54, 1.807) is 36.7 Å². The number of hydrogen-bond acceptors (Lipinski definition) is 6. The molecule has 10 heteroatoms. The van der Waals surface area contributed by atoms with Gasteiger partial charge in [-0.3, -0.25) is 24.3 Å². The quantitative estimate of drug-likeness (QED) is 0.318. The van der Waals surface area contributed by atoms with Gasteiger partial charge in [-0.2, -0.15) is 0 Å². The van der Waals surface area contributed by atoms with Gasteiger partial charge in [0.25, 0.3) is 5.91 Å². The third kappa shape index (κ3) is 6.06. The Kier molecular flexibility index (Phi) is 7.36. The topological polar surface area (TPSA) is 106 Å². The van der Waals surface area contributed by atoms with E-state index in [0.29, 0.717) is 12.0 Å². The Morgan fingerprint density at radius 2 is 1.71 bits per heavy atom. The van der Waals surface area contributed by atoms with E-state index in [1.807, 2.05) is 26.8 Å². The summed E-state index contributed by atoms with van der Waals surface area (Å²) in [5, 5.41) is 2.54. The Morgan fingerprint density at radius 3 is 2.34 bits per heavy atom. The van der Waals surface area contributed by atoms with Gasteiger partial charge in [-0.15, -0.1) is 0 Å². The molecule has 38 heavy (non-hydrogen) atoms. The molecule has 1 aromatic carbocycles. The minimum atomic E-state index is -2.86. The van der Waals surface area contributed by atoms with Crippen LogP contribution in [-0.4, -0.2) is 57.2 Å². The number of rotatable bonds is 7. The van der Waals surface area contributed by atoms with Crippen molar-refractivity contribution in [2.75, 3.05) is 6.54 Å². The lowest BCUT2D eigenvalue weighted by Crippen LogP contribution is -2.51. The average molecular weight is 528 g/mol. The standard InChI is InChI=1S/C28H31F2N3O5/c1-26(2,3)38-23(35)9-8-19-10-15-31-16-21(19)18-4-6-20(7-5-18)22(34)17-33-24(36)27(32-25(33)37)11-13-28(29,30)14-12-27/h4-7,10,15-16H,8-9,11-14,17H2,1-3H3,(H,32,37). The largest absolute Gasteiger partial charge is 0.460 e. The Hall–Kier alpha value is -3.69. The maximum atomic E-state index is 13.6. The molecule has 0 unspecified atom stereocenters. The molecule has 8 nitrogen and oxygen atoms in total. The van der Waals surface area contributed by atoms with Crippen LogP contribution >= 0.6 is 0 Å². The molecule has 0 atom stereocenters. The number of imide groups is 1. The molecule has 1 saturated heterocycles. The fraction of sp³-hybridized carbons (Fsp3) is 0.464. The molecule has 0 radical (unpaired) electrons. The van der Waals surface area contributed by atoms with Gasteiger partial charge in [0, 0.05) is 42.8 Å². The summed E-state index contributed by atoms with van der Waals surface area (Å²) < 4.78 is 32.6. The third-order valence-corrected chi connectivity index (χ3v) is 6.83. The zero-order valence-electron chi connectivity index (χ0n) is 21.7. The van der Waals surface area contributed by atoms with Crippen molar-refractivity contribution in [1.29, 1.82) is 0 Å². The van der Waals surface area contributed by atoms with E-state index in [-0.39, 0.29) is 25.2 Å². The number of alkyl halides is 2. The molecule has 2 aromatic rings. The Balaban J connectivity index is 1.42. The number of aromatic nitrogens is 1. The van der Waals surface area contributed by atoms with Crippen molar-refractivity contribution in [3.8, 4) is 11.1 Å². The van der Waals surface area contributed by atoms with E-state index >= 15 is 0 Å². The van der Waals surface area contributed by atoms with Crippen LogP contribution in [0.25, 0.3) is 11.1 Å². The predicted octanol–water partition coefficient (Wildman–Crippen LogP) is 4.71. The van der Waals surface area contributed by atoms with Crippen molar-refractivity contribution in [2.45, 2.75) is 76.4 Å². The molecule has 1 aromatic heterocycles. The SMILES string of the molecule is CC(C)(C)OC(=O)CCc1ccncc1-c1ccc(C(=O)CN2C(=O)NC3(CCC(F)(F)CC3)C2=O)cc1. The number of Topliss-reactive ketones (excluding diaryl/α,β-unsaturated/α-hetero) is 1. The molecule has 1 N–H and O–H groups in total. The zero-order chi connectivity index (χ0) is 27.7. The average Bonchev–Trinajstić information content (AvgIpc) is 3.08. The first kappa shape index (κ1) is 27.3. The van der Waals surface area contributed by atoms with Crippen molar-refractivity contribution < 1.29 is 32.7 Å². The summed E-state index contributed by atoms with van der Waals surface area (Å²) >= 11 is 0. The number of nitrogens with one attached hydrogen (secondary N) is 1. The van der Waals surface area contributed by atoms with Crippen LogP contribution in [-0.2, 0) is 20.7 Å². The number of halogens is 2. The number of ketones is 1. The lowest BCUT2D eigenvalue weighted by molar-refractivity contribution is -0.154. The Labute approximate surface area is 219 Å². The van der Waals surface area contributed by atoms with E-state index < -0.39 is 54.2 Å². The van der Waals surface area contributed by atoms with Gasteiger partial charge in [0.05, 0.1) is 6.54 Å². The zero-order valence-corrected chi connectivity index (χ0v) is 21.7. The fourth-order valence-corrected chi connectivity index (χ4v) is 4.80. The predicted molar refractivity (Wildman–Crippen MR) is 135 cm³/mol. The molecule has 2 heterocycles. The molecule has 202 valence electrons. The normalized spacial score (nSPS) is 18.4. The van der Waals surface area contributed by atoms with Crippen LogP contribution in [0.2, 0.25) is 0 Å². The molecular weight excluding hydrogens is 496 g/mol. The van der Waals surface area contributed by atoms with Gasteiger partial charge in [0.2, 0.25) is 5.92 Å². The Bertz CT molecular complexity index is 1240. The molecule has 1 saturated carbocycles. The minimum absolute atomic E-state index is 0.161. The molecule has 2 aliphatic rings. The van der Waals surface area contributed by atoms with Crippen molar-refractivity contribution in [3.05, 3.63) is 53.9 Å². The van der Waals surface area contributed by atoms with Gasteiger partial charge in [-0.25, -0.2) is 13.6 Å². The number of carbonyl (C=O) groups excluding carboxylic acids is 4. The van der Waals surface area contributed by atoms with Crippen LogP contribution in [0.4, 0.5) is 13.6 Å². The van der Waals surface area contributed by atoms with Crippen molar-refractivity contribution in [1.82, 2.24) is 15.2 Å². The second-order valence-corrected chi connectivity index (χ2v) is 10.9. The first-order valence-electron chi connectivity index (χ1n) is 12.6. The van der Waals surface area contributed by atoms with Crippen LogP contribution in [0, 0.1) is 0 Å². The fourth-order valence-electron chi connectivity index (χ4n) is 4.80. The first-order valence-corrected chi connectivity index (χ1v) is 12.6. The van der Waals surface area contributed by atoms with Crippen molar-refractivity contribution in [2.24, 2.45) is 0 Å². The number of nitrogens with zero attached hydrogens (tertiary/aromatic N) is 2. The number of esters is 1. The number of pyridine rings is 1. The summed E-state index contributed by atoms with van der Waals surface area (Å²) in [7, 11) is 0. The highest BCUT2D eigenvalue weighted by Crippen LogP contribution is 2.41. The number of ether oxygens (including phenoxy) is 1. The highest BCUT2D eigenvalue weighted by Gasteiger charge is 2.55. The summed E-state index contributed by atoms with van der Waals surface area (Å²) in [5.74, 6) is -4.24. The van der Waals surface area contributed by atoms with Gasteiger partial charge < -0.3 is 10.1 Å². The van der Waals surface area contributed by atoms with Crippen LogP contribution in [0.1, 0.15) is 68.8 Å². The van der Waals surface area contributed by atoms with Gasteiger partial charge in [0.1, 0.15) is 11.1 Å². The molecule has 3 amide bonds. The molecule has 0 bridgehead atoms. The second-order valence-electron chi connectivity index (χ2n) is 10.9. The highest BCUT2D eigenvalue weighted by molar-refractivity contribution is 6.11. The summed E-state index contributed by atoms with van der Waals surface area (Å²) in [5.41, 5.74) is 0.856. The number of urea groups is 1. The smallest absolute Gasteiger partial charge is 0.325 e. The highest BCUT2D eigenvalue weighted by atomic mass is 19.3. The molecule has 4 rings (SSSR count). The monoisotopic (exact) mass is 527 g/mol. The number of amides is 3. The molecule has 2 fully saturated rings. The molecule has 1 spiro atoms. The number of aryl methyl sites for hydroxylation is 1. The van der Waals surface area contributed by atoms with Gasteiger partial charge in [-0.1, -0.05) is 24.3 Å². The van der Waals surface area contributed by atoms with Gasteiger partial charge in [-0.05, 0) is 57.2 Å². The molecule has 1 aliphatic heterocycles. The maximum absolute atomic E-state index is 13.6. The van der Waals surface area contributed by atoms with Crippen LogP contribution in [0.15, 0.2) is 42.7 Å². The van der Waals surface area contributed by atoms with Crippen molar-refractivity contribution >= 4 is 23.7 Å². The lowest BCUT2D eigenvalue weighted by Gasteiger charge is -2.34. The number of benzene rings is 1. The van der Waals surface area contributed by atoms with Gasteiger partial charge in [0.15, 0.2) is 5.78 Å². The number of hydrogen-bond donors (Lipinski definition) is 1. The van der Waals surface area contributed by atoms with E-state index in [9.17, 15) is 28.0 Å². The van der Waals surface area contributed by atoms with Crippen LogP contribution in [0.5, 0.6) is 0 Å². The van der Waals surface area contributed by atoms with Crippen LogP contribution < -0.4 is 5.32 Å². The maximum Gasteiger partial charge on any atom is 0.325 e.